The molecule has 9 heteroatoms. The van der Waals surface area contributed by atoms with Crippen molar-refractivity contribution in [2.45, 2.75) is 25.5 Å². The minimum atomic E-state index is -1.26. The summed E-state index contributed by atoms with van der Waals surface area (Å²) in [5.74, 6) is -2.77. The molecule has 1 fully saturated rings. The number of nitrogens with zero attached hydrogens (tertiary/aromatic N) is 2. The van der Waals surface area contributed by atoms with Gasteiger partial charge in [-0.15, -0.1) is 0 Å². The number of anilines is 1. The van der Waals surface area contributed by atoms with Crippen molar-refractivity contribution in [3.05, 3.63) is 94.6 Å². The molecule has 180 valence electrons. The van der Waals surface area contributed by atoms with Crippen molar-refractivity contribution < 1.29 is 28.2 Å². The van der Waals surface area contributed by atoms with Gasteiger partial charge < -0.3 is 9.84 Å². The van der Waals surface area contributed by atoms with E-state index < -0.39 is 35.1 Å². The molecule has 0 radical (unpaired) electrons. The first-order valence-corrected chi connectivity index (χ1v) is 12.0. The zero-order chi connectivity index (χ0) is 25.1. The van der Waals surface area contributed by atoms with Gasteiger partial charge in [-0.25, -0.2) is 13.8 Å². The molecule has 4 aromatic rings. The maximum absolute atomic E-state index is 15.1. The van der Waals surface area contributed by atoms with Crippen LogP contribution in [-0.4, -0.2) is 27.9 Å². The van der Waals surface area contributed by atoms with Gasteiger partial charge in [-0.2, -0.15) is 0 Å². The van der Waals surface area contributed by atoms with Crippen LogP contribution in [0.15, 0.2) is 66.2 Å². The predicted octanol–water partition coefficient (Wildman–Crippen LogP) is 5.52. The molecule has 2 aliphatic heterocycles. The third kappa shape index (κ3) is 3.46. The Labute approximate surface area is 208 Å². The number of rotatable bonds is 3. The van der Waals surface area contributed by atoms with Crippen LogP contribution >= 0.6 is 11.3 Å². The number of fused-ring (bicyclic) bond motifs is 2. The van der Waals surface area contributed by atoms with E-state index in [1.807, 2.05) is 6.92 Å². The van der Waals surface area contributed by atoms with Crippen LogP contribution < -0.4 is 9.64 Å². The van der Waals surface area contributed by atoms with Crippen molar-refractivity contribution in [3.8, 4) is 5.75 Å². The summed E-state index contributed by atoms with van der Waals surface area (Å²) in [7, 11) is 0. The Kier molecular flexibility index (Phi) is 5.11. The number of thiazole rings is 1. The molecule has 0 unspecified atom stereocenters. The number of aromatic nitrogens is 1. The molecule has 3 heterocycles. The minimum absolute atomic E-state index is 0.0229. The molecule has 2 aliphatic rings. The van der Waals surface area contributed by atoms with E-state index in [0.29, 0.717) is 28.0 Å². The molecule has 0 aliphatic carbocycles. The average Bonchev–Trinajstić information content (AvgIpc) is 3.51. The van der Waals surface area contributed by atoms with Crippen LogP contribution in [0, 0.1) is 11.6 Å². The van der Waals surface area contributed by atoms with Gasteiger partial charge in [0.1, 0.15) is 35.3 Å². The van der Waals surface area contributed by atoms with Gasteiger partial charge >= 0.3 is 5.91 Å². The number of ether oxygens (including phenoxy) is 1. The molecule has 2 atom stereocenters. The fourth-order valence-electron chi connectivity index (χ4n) is 4.74. The topological polar surface area (TPSA) is 79.7 Å². The first-order valence-electron chi connectivity index (χ1n) is 11.2. The number of hydrogen-bond donors (Lipinski definition) is 1. The third-order valence-electron chi connectivity index (χ3n) is 6.36. The summed E-state index contributed by atoms with van der Waals surface area (Å²) in [6.07, 6.45) is 0.606. The van der Waals surface area contributed by atoms with Gasteiger partial charge in [0.05, 0.1) is 15.8 Å². The van der Waals surface area contributed by atoms with Crippen LogP contribution in [-0.2, 0) is 16.0 Å². The van der Waals surface area contributed by atoms with Crippen LogP contribution in [0.1, 0.15) is 29.7 Å². The third-order valence-corrected chi connectivity index (χ3v) is 7.38. The van der Waals surface area contributed by atoms with Crippen molar-refractivity contribution >= 4 is 44.1 Å². The Balaban J connectivity index is 1.55. The number of amides is 1. The molecule has 6 nitrogen and oxygen atoms in total. The number of benzene rings is 3. The largest absolute Gasteiger partial charge is 0.507 e. The van der Waals surface area contributed by atoms with Gasteiger partial charge in [0.25, 0.3) is 5.78 Å². The quantitative estimate of drug-likeness (QED) is 0.226. The van der Waals surface area contributed by atoms with Crippen molar-refractivity contribution in [3.63, 3.8) is 0 Å². The molecule has 1 saturated heterocycles. The number of hydrogen-bond acceptors (Lipinski definition) is 6. The molecule has 0 spiro atoms. The summed E-state index contributed by atoms with van der Waals surface area (Å²) >= 11 is 1.00. The number of aliphatic hydroxyl groups is 1. The van der Waals surface area contributed by atoms with Crippen LogP contribution in [0.2, 0.25) is 0 Å². The highest BCUT2D eigenvalue weighted by Crippen LogP contribution is 2.45. The Bertz CT molecular complexity index is 1610. The zero-order valence-corrected chi connectivity index (χ0v) is 19.7. The van der Waals surface area contributed by atoms with Crippen LogP contribution in [0.3, 0.4) is 0 Å². The minimum Gasteiger partial charge on any atom is -0.507 e. The number of Topliss-reactive ketones (excluding diaryl/α,β-unsaturated/α-hetero) is 1. The van der Waals surface area contributed by atoms with Crippen LogP contribution in [0.25, 0.3) is 16.0 Å². The highest BCUT2D eigenvalue weighted by molar-refractivity contribution is 7.22. The van der Waals surface area contributed by atoms with Crippen molar-refractivity contribution in [1.29, 1.82) is 0 Å². The second-order valence-electron chi connectivity index (χ2n) is 8.75. The maximum Gasteiger partial charge on any atom is 0.301 e. The van der Waals surface area contributed by atoms with E-state index >= 15 is 4.39 Å². The molecular formula is C27H18F2N2O4S. The smallest absolute Gasteiger partial charge is 0.301 e. The number of carbonyl (C=O) groups is 2. The van der Waals surface area contributed by atoms with Crippen LogP contribution in [0.4, 0.5) is 13.9 Å². The summed E-state index contributed by atoms with van der Waals surface area (Å²) in [6.45, 7) is 1.92. The Morgan fingerprint density at radius 1 is 1.11 bits per heavy atom. The van der Waals surface area contributed by atoms with E-state index in [4.69, 9.17) is 4.74 Å². The highest BCUT2D eigenvalue weighted by atomic mass is 32.1. The molecule has 3 aromatic carbocycles. The Morgan fingerprint density at radius 3 is 2.72 bits per heavy atom. The van der Waals surface area contributed by atoms with Gasteiger partial charge in [-0.1, -0.05) is 29.5 Å². The molecule has 1 N–H and O–H groups in total. The Morgan fingerprint density at radius 2 is 1.92 bits per heavy atom. The van der Waals surface area contributed by atoms with E-state index in [9.17, 15) is 19.1 Å². The lowest BCUT2D eigenvalue weighted by Crippen LogP contribution is -2.29. The van der Waals surface area contributed by atoms with Crippen molar-refractivity contribution in [1.82, 2.24) is 4.98 Å². The Hall–Kier alpha value is -4.11. The molecule has 1 amide bonds. The lowest BCUT2D eigenvalue weighted by atomic mass is 9.94. The summed E-state index contributed by atoms with van der Waals surface area (Å²) in [6, 6.07) is 13.5. The van der Waals surface area contributed by atoms with Gasteiger partial charge in [0.15, 0.2) is 5.13 Å². The van der Waals surface area contributed by atoms with E-state index in [1.54, 1.807) is 24.3 Å². The van der Waals surface area contributed by atoms with Gasteiger partial charge in [-0.3, -0.25) is 14.5 Å². The highest BCUT2D eigenvalue weighted by Gasteiger charge is 2.49. The van der Waals surface area contributed by atoms with Crippen LogP contribution in [0.5, 0.6) is 5.75 Å². The van der Waals surface area contributed by atoms with Gasteiger partial charge in [0.2, 0.25) is 0 Å². The molecule has 6 rings (SSSR count). The lowest BCUT2D eigenvalue weighted by Gasteiger charge is -2.23. The predicted molar refractivity (Wildman–Crippen MR) is 131 cm³/mol. The van der Waals surface area contributed by atoms with Gasteiger partial charge in [0, 0.05) is 17.5 Å². The van der Waals surface area contributed by atoms with E-state index in [2.05, 4.69) is 4.98 Å². The first kappa shape index (κ1) is 22.4. The molecule has 0 bridgehead atoms. The van der Waals surface area contributed by atoms with E-state index in [0.717, 1.165) is 21.8 Å². The zero-order valence-electron chi connectivity index (χ0n) is 18.9. The van der Waals surface area contributed by atoms with Crippen molar-refractivity contribution in [2.75, 3.05) is 4.90 Å². The van der Waals surface area contributed by atoms with E-state index in [-0.39, 0.29) is 22.4 Å². The molecular weight excluding hydrogens is 486 g/mol. The summed E-state index contributed by atoms with van der Waals surface area (Å²) in [4.78, 5) is 32.1. The average molecular weight is 505 g/mol. The monoisotopic (exact) mass is 504 g/mol. The summed E-state index contributed by atoms with van der Waals surface area (Å²) in [5, 5.41) is 11.4. The van der Waals surface area contributed by atoms with Crippen molar-refractivity contribution in [2.24, 2.45) is 0 Å². The second kappa shape index (κ2) is 8.23. The number of carbonyl (C=O) groups excluding carboxylic acids is 2. The standard InChI is InChI=1S/C27H18F2N2O4S/c1-13-10-15-11-14(6-9-20(15)35-13)24(32)22-23(17-4-2-3-5-18(17)29)31(26(34)25(22)33)27-30-19-8-7-16(28)12-21(19)36-27/h2-9,11-13,23,32H,10H2,1H3/t13-,23+/m0/s1. The molecule has 36 heavy (non-hydrogen) atoms. The fraction of sp³-hybridized carbons (Fsp3) is 0.148. The molecule has 0 saturated carbocycles. The maximum atomic E-state index is 15.1. The SMILES string of the molecule is C[C@H]1Cc2cc(C(O)=C3C(=O)C(=O)N(c4nc5ccc(F)cc5s4)[C@@H]3c3ccccc3F)ccc2O1. The number of ketones is 1. The number of halogens is 2. The lowest BCUT2D eigenvalue weighted by molar-refractivity contribution is -0.132. The van der Waals surface area contributed by atoms with Gasteiger partial charge in [-0.05, 0) is 55.0 Å². The number of aliphatic hydroxyl groups excluding tert-OH is 1. The first-order chi connectivity index (χ1) is 17.3. The van der Waals surface area contributed by atoms with E-state index in [1.165, 1.54) is 36.4 Å². The second-order valence-corrected chi connectivity index (χ2v) is 9.76. The summed E-state index contributed by atoms with van der Waals surface area (Å²) in [5.41, 5.74) is 1.39. The fourth-order valence-corrected chi connectivity index (χ4v) is 5.75. The summed E-state index contributed by atoms with van der Waals surface area (Å²) < 4.78 is 35.0. The molecule has 1 aromatic heterocycles. The normalized spacial score (nSPS) is 20.7.